The Morgan fingerprint density at radius 2 is 1.89 bits per heavy atom. The lowest BCUT2D eigenvalue weighted by Crippen LogP contribution is -2.51. The monoisotopic (exact) mass is 492 g/mol. The zero-order valence-corrected chi connectivity index (χ0v) is 20.7. The average Bonchev–Trinajstić information content (AvgIpc) is 2.79. The van der Waals surface area contributed by atoms with E-state index in [1.807, 2.05) is 13.8 Å². The fourth-order valence-corrected chi connectivity index (χ4v) is 3.59. The van der Waals surface area contributed by atoms with E-state index in [2.05, 4.69) is 20.6 Å². The Labute approximate surface area is 209 Å². The van der Waals surface area contributed by atoms with Crippen LogP contribution in [0.5, 0.6) is 23.0 Å². The van der Waals surface area contributed by atoms with Crippen molar-refractivity contribution in [2.45, 2.75) is 39.5 Å². The second-order valence-corrected chi connectivity index (χ2v) is 8.90. The van der Waals surface area contributed by atoms with Gasteiger partial charge in [0, 0.05) is 24.8 Å². The van der Waals surface area contributed by atoms with Crippen LogP contribution < -0.4 is 24.8 Å². The third-order valence-electron chi connectivity index (χ3n) is 5.12. The van der Waals surface area contributed by atoms with Crippen LogP contribution in [0.3, 0.4) is 0 Å². The van der Waals surface area contributed by atoms with Gasteiger partial charge in [-0.15, -0.1) is 0 Å². The van der Waals surface area contributed by atoms with Crippen molar-refractivity contribution < 1.29 is 28.5 Å². The maximum absolute atomic E-state index is 13.0. The van der Waals surface area contributed by atoms with Crippen LogP contribution in [0, 0.1) is 6.92 Å². The van der Waals surface area contributed by atoms with Crippen LogP contribution in [0.4, 0.5) is 5.82 Å². The first kappa shape index (κ1) is 24.9. The summed E-state index contributed by atoms with van der Waals surface area (Å²) in [4.78, 5) is 33.6. The molecule has 2 heterocycles. The summed E-state index contributed by atoms with van der Waals surface area (Å²) < 4.78 is 23.0. The fraction of sp³-hybridized carbons (Fsp3) is 0.308. The van der Waals surface area contributed by atoms with E-state index in [-0.39, 0.29) is 12.0 Å². The van der Waals surface area contributed by atoms with Crippen LogP contribution in [-0.4, -0.2) is 47.3 Å². The molecule has 0 aliphatic carbocycles. The summed E-state index contributed by atoms with van der Waals surface area (Å²) in [6.07, 6.45) is 2.79. The number of amides is 2. The number of nitrogens with one attached hydrogen (secondary N) is 2. The highest BCUT2D eigenvalue weighted by molar-refractivity contribution is 6.04. The van der Waals surface area contributed by atoms with Gasteiger partial charge < -0.3 is 29.6 Å². The Kier molecular flexibility index (Phi) is 7.07. The van der Waals surface area contributed by atoms with Gasteiger partial charge in [0.1, 0.15) is 29.1 Å². The van der Waals surface area contributed by atoms with Gasteiger partial charge in [-0.3, -0.25) is 14.6 Å². The lowest BCUT2D eigenvalue weighted by molar-refractivity contribution is 0.0431. The molecule has 10 nitrogen and oxygen atoms in total. The summed E-state index contributed by atoms with van der Waals surface area (Å²) >= 11 is 0. The molecule has 188 valence electrons. The third kappa shape index (κ3) is 6.08. The van der Waals surface area contributed by atoms with Crippen LogP contribution in [0.2, 0.25) is 0 Å². The first-order chi connectivity index (χ1) is 17.1. The van der Waals surface area contributed by atoms with Gasteiger partial charge in [0.2, 0.25) is 0 Å². The largest absolute Gasteiger partial charge is 0.488 e. The van der Waals surface area contributed by atoms with E-state index in [4.69, 9.17) is 18.9 Å². The number of hydrogen-bond acceptors (Lipinski definition) is 8. The fourth-order valence-electron chi connectivity index (χ4n) is 3.59. The van der Waals surface area contributed by atoms with Crippen LogP contribution in [0.1, 0.15) is 47.2 Å². The molecule has 0 spiro atoms. The van der Waals surface area contributed by atoms with Crippen molar-refractivity contribution in [2.24, 2.45) is 0 Å². The lowest BCUT2D eigenvalue weighted by atomic mass is 10.1. The molecule has 3 aromatic rings. The number of carbonyl (C=O) groups is 2. The summed E-state index contributed by atoms with van der Waals surface area (Å²) in [5.41, 5.74) is 0.592. The zero-order valence-electron chi connectivity index (χ0n) is 20.7. The van der Waals surface area contributed by atoms with Crippen molar-refractivity contribution in [3.63, 3.8) is 0 Å². The summed E-state index contributed by atoms with van der Waals surface area (Å²) in [7, 11) is 1.58. The minimum absolute atomic E-state index is 0.228. The Hall–Kier alpha value is -4.18. The van der Waals surface area contributed by atoms with E-state index < -0.39 is 11.6 Å². The van der Waals surface area contributed by atoms with Crippen molar-refractivity contribution in [1.82, 2.24) is 15.3 Å². The van der Waals surface area contributed by atoms with Gasteiger partial charge >= 0.3 is 0 Å². The van der Waals surface area contributed by atoms with Crippen LogP contribution in [-0.2, 0) is 4.74 Å². The number of methoxy groups -OCH3 is 1. The Balaban J connectivity index is 1.62. The van der Waals surface area contributed by atoms with Crippen molar-refractivity contribution in [1.29, 1.82) is 0 Å². The van der Waals surface area contributed by atoms with E-state index in [0.717, 1.165) is 5.69 Å². The number of carbonyl (C=O) groups excluding carboxylic acids is 2. The summed E-state index contributed by atoms with van der Waals surface area (Å²) in [5, 5.41) is 5.50. The third-order valence-corrected chi connectivity index (χ3v) is 5.12. The molecule has 1 atom stereocenters. The summed E-state index contributed by atoms with van der Waals surface area (Å²) in [5.74, 6) is 1.29. The molecule has 0 fully saturated rings. The van der Waals surface area contributed by atoms with Gasteiger partial charge in [-0.25, -0.2) is 4.98 Å². The second kappa shape index (κ2) is 10.2. The SMILES string of the molecule is COC[C@H](C)Oc1cc(Oc2ccc3c(c2)OC(C)(C)NC3=O)cc(C(=O)Nc2cnc(C)cn2)c1. The number of aryl methyl sites for hydroxylation is 1. The highest BCUT2D eigenvalue weighted by Gasteiger charge is 2.31. The van der Waals surface area contributed by atoms with Crippen LogP contribution in [0.15, 0.2) is 48.8 Å². The average molecular weight is 493 g/mol. The molecule has 1 aliphatic heterocycles. The Bertz CT molecular complexity index is 1280. The van der Waals surface area contributed by atoms with Crippen molar-refractivity contribution in [3.05, 3.63) is 65.6 Å². The predicted octanol–water partition coefficient (Wildman–Crippen LogP) is 4.10. The quantitative estimate of drug-likeness (QED) is 0.482. The van der Waals surface area contributed by atoms with Gasteiger partial charge in [-0.2, -0.15) is 0 Å². The molecule has 1 aliphatic rings. The number of fused-ring (bicyclic) bond motifs is 1. The van der Waals surface area contributed by atoms with Crippen LogP contribution >= 0.6 is 0 Å². The number of benzene rings is 2. The Morgan fingerprint density at radius 3 is 2.61 bits per heavy atom. The van der Waals surface area contributed by atoms with E-state index in [0.29, 0.717) is 46.5 Å². The summed E-state index contributed by atoms with van der Waals surface area (Å²) in [6.45, 7) is 7.54. The molecule has 4 rings (SSSR count). The number of aromatic nitrogens is 2. The molecule has 0 saturated heterocycles. The highest BCUT2D eigenvalue weighted by atomic mass is 16.5. The van der Waals surface area contributed by atoms with Gasteiger partial charge in [0.05, 0.1) is 30.3 Å². The molecule has 1 aromatic heterocycles. The molecular formula is C26H28N4O6. The second-order valence-electron chi connectivity index (χ2n) is 8.90. The molecule has 0 bridgehead atoms. The Morgan fingerprint density at radius 1 is 1.11 bits per heavy atom. The maximum atomic E-state index is 13.0. The molecule has 0 saturated carbocycles. The van der Waals surface area contributed by atoms with E-state index in [1.54, 1.807) is 63.6 Å². The van der Waals surface area contributed by atoms with Crippen molar-refractivity contribution in [3.8, 4) is 23.0 Å². The zero-order chi connectivity index (χ0) is 25.9. The van der Waals surface area contributed by atoms with Gasteiger partial charge in [0.15, 0.2) is 11.5 Å². The van der Waals surface area contributed by atoms with Crippen LogP contribution in [0.25, 0.3) is 0 Å². The molecule has 10 heteroatoms. The first-order valence-electron chi connectivity index (χ1n) is 11.4. The number of anilines is 1. The summed E-state index contributed by atoms with van der Waals surface area (Å²) in [6, 6.07) is 9.79. The number of nitrogens with zero attached hydrogens (tertiary/aromatic N) is 2. The topological polar surface area (TPSA) is 121 Å². The molecule has 2 N–H and O–H groups in total. The van der Waals surface area contributed by atoms with E-state index in [1.165, 1.54) is 6.20 Å². The molecular weight excluding hydrogens is 464 g/mol. The normalized spacial score (nSPS) is 14.6. The van der Waals surface area contributed by atoms with Gasteiger partial charge in [-0.1, -0.05) is 0 Å². The smallest absolute Gasteiger partial charge is 0.258 e. The van der Waals surface area contributed by atoms with Gasteiger partial charge in [-0.05, 0) is 52.0 Å². The molecule has 0 unspecified atom stereocenters. The molecule has 0 radical (unpaired) electrons. The molecule has 2 aromatic carbocycles. The van der Waals surface area contributed by atoms with Gasteiger partial charge in [0.25, 0.3) is 11.8 Å². The van der Waals surface area contributed by atoms with Crippen molar-refractivity contribution in [2.75, 3.05) is 19.0 Å². The number of hydrogen-bond donors (Lipinski definition) is 2. The minimum Gasteiger partial charge on any atom is -0.488 e. The molecule has 36 heavy (non-hydrogen) atoms. The molecule has 2 amide bonds. The highest BCUT2D eigenvalue weighted by Crippen LogP contribution is 2.34. The standard InChI is InChI=1S/C26H28N4O6/c1-15-12-28-23(13-27-15)29-24(31)17-8-19(34-16(2)14-33-5)10-20(9-17)35-18-6-7-21-22(11-18)36-26(3,4)30-25(21)32/h6-13,16H,14H2,1-5H3,(H,30,32)(H,28,29,31)/t16-/m0/s1. The van der Waals surface area contributed by atoms with Crippen molar-refractivity contribution >= 4 is 17.6 Å². The number of rotatable bonds is 8. The predicted molar refractivity (Wildman–Crippen MR) is 132 cm³/mol. The number of ether oxygens (including phenoxy) is 4. The van der Waals surface area contributed by atoms with E-state index >= 15 is 0 Å². The van der Waals surface area contributed by atoms with E-state index in [9.17, 15) is 9.59 Å². The first-order valence-corrected chi connectivity index (χ1v) is 11.4. The minimum atomic E-state index is -0.849. The maximum Gasteiger partial charge on any atom is 0.258 e. The lowest BCUT2D eigenvalue weighted by Gasteiger charge is -2.33.